The second-order valence-electron chi connectivity index (χ2n) is 5.11. The number of carbonyl (C=O) groups excluding carboxylic acids is 1. The zero-order chi connectivity index (χ0) is 13.1. The fraction of sp³-hybridized carbons (Fsp3) is 0.615. The number of halogens is 1. The first-order valence-electron chi connectivity index (χ1n) is 5.88. The van der Waals surface area contributed by atoms with E-state index in [1.165, 1.54) is 4.88 Å². The molecule has 17 heavy (non-hydrogen) atoms. The minimum absolute atomic E-state index is 0.101. The molecule has 0 fully saturated rings. The van der Waals surface area contributed by atoms with Crippen LogP contribution in [0, 0.1) is 0 Å². The van der Waals surface area contributed by atoms with Crippen molar-refractivity contribution in [3.8, 4) is 0 Å². The summed E-state index contributed by atoms with van der Waals surface area (Å²) < 4.78 is 0. The normalized spacial score (nSPS) is 13.5. The molecule has 1 amide bonds. The van der Waals surface area contributed by atoms with Gasteiger partial charge in [-0.2, -0.15) is 0 Å². The molecule has 0 radical (unpaired) electrons. The predicted molar refractivity (Wildman–Crippen MR) is 74.9 cm³/mol. The summed E-state index contributed by atoms with van der Waals surface area (Å²) in [5.41, 5.74) is 0.111. The van der Waals surface area contributed by atoms with Crippen molar-refractivity contribution in [2.75, 3.05) is 6.54 Å². The van der Waals surface area contributed by atoms with Crippen molar-refractivity contribution >= 4 is 28.8 Å². The quantitative estimate of drug-likeness (QED) is 0.830. The molecule has 1 unspecified atom stereocenters. The topological polar surface area (TPSA) is 29.1 Å². The van der Waals surface area contributed by atoms with Crippen LogP contribution in [0.5, 0.6) is 0 Å². The average Bonchev–Trinajstić information content (AvgIpc) is 2.73. The first-order chi connectivity index (χ1) is 7.86. The number of hydrogen-bond donors (Lipinski definition) is 1. The van der Waals surface area contributed by atoms with Crippen molar-refractivity contribution in [1.82, 2.24) is 5.32 Å². The summed E-state index contributed by atoms with van der Waals surface area (Å²) in [5, 5.41) is 2.25. The minimum Gasteiger partial charge on any atom is -0.355 e. The van der Waals surface area contributed by atoms with E-state index in [1.54, 1.807) is 11.3 Å². The van der Waals surface area contributed by atoms with Gasteiger partial charge in [0.15, 0.2) is 0 Å². The molecule has 1 N–H and O–H groups in total. The number of nitrogens with one attached hydrogen (secondary N) is 1. The Balaban J connectivity index is 2.73. The second-order valence-corrected chi connectivity index (χ2v) is 6.66. The number of carbonyl (C=O) groups is 1. The minimum atomic E-state index is -0.567. The molecule has 0 saturated heterocycles. The number of hydrogen-bond acceptors (Lipinski definition) is 2. The molecule has 0 saturated carbocycles. The third-order valence-electron chi connectivity index (χ3n) is 2.40. The zero-order valence-corrected chi connectivity index (χ0v) is 12.4. The number of thiophene rings is 1. The van der Waals surface area contributed by atoms with Crippen molar-refractivity contribution in [3.05, 3.63) is 21.9 Å². The molecule has 0 aliphatic rings. The van der Waals surface area contributed by atoms with Gasteiger partial charge in [0, 0.05) is 16.3 Å². The lowest BCUT2D eigenvalue weighted by molar-refractivity contribution is -0.120. The van der Waals surface area contributed by atoms with Gasteiger partial charge >= 0.3 is 0 Å². The second kappa shape index (κ2) is 5.87. The Hall–Kier alpha value is -0.540. The Morgan fingerprint density at radius 2 is 2.12 bits per heavy atom. The molecular formula is C13H20ClNOS. The molecule has 0 bridgehead atoms. The molecule has 1 aromatic heterocycles. The Labute approximate surface area is 112 Å². The van der Waals surface area contributed by atoms with Crippen LogP contribution in [0.4, 0.5) is 0 Å². The Bertz CT molecular complexity index is 381. The third-order valence-corrected chi connectivity index (χ3v) is 4.53. The van der Waals surface area contributed by atoms with Crippen LogP contribution < -0.4 is 5.32 Å². The van der Waals surface area contributed by atoms with Gasteiger partial charge in [-0.3, -0.25) is 4.79 Å². The lowest BCUT2D eigenvalue weighted by Gasteiger charge is -2.15. The van der Waals surface area contributed by atoms with Gasteiger partial charge in [0.2, 0.25) is 5.91 Å². The van der Waals surface area contributed by atoms with Gasteiger partial charge in [-0.15, -0.1) is 22.9 Å². The molecule has 96 valence electrons. The highest BCUT2D eigenvalue weighted by atomic mass is 35.5. The SMILES string of the molecule is CCCNC(=O)C(Cl)c1ccc(C(C)(C)C)s1. The van der Waals surface area contributed by atoms with E-state index in [0.717, 1.165) is 11.3 Å². The summed E-state index contributed by atoms with van der Waals surface area (Å²) in [7, 11) is 0. The lowest BCUT2D eigenvalue weighted by Crippen LogP contribution is -2.27. The maximum atomic E-state index is 11.7. The standard InChI is InChI=1S/C13H20ClNOS/c1-5-8-15-12(16)11(14)9-6-7-10(17-9)13(2,3)4/h6-7,11H,5,8H2,1-4H3,(H,15,16). The summed E-state index contributed by atoms with van der Waals surface area (Å²) in [4.78, 5) is 13.9. The molecule has 0 aromatic carbocycles. The molecular weight excluding hydrogens is 254 g/mol. The van der Waals surface area contributed by atoms with E-state index in [0.29, 0.717) is 6.54 Å². The van der Waals surface area contributed by atoms with Crippen LogP contribution >= 0.6 is 22.9 Å². The Kier molecular flexibility index (Phi) is 5.02. The van der Waals surface area contributed by atoms with Crippen molar-refractivity contribution in [3.63, 3.8) is 0 Å². The van der Waals surface area contributed by atoms with Crippen molar-refractivity contribution in [1.29, 1.82) is 0 Å². The third kappa shape index (κ3) is 4.00. The molecule has 0 spiro atoms. The first kappa shape index (κ1) is 14.5. The van der Waals surface area contributed by atoms with Gasteiger partial charge in [-0.25, -0.2) is 0 Å². The van der Waals surface area contributed by atoms with Crippen LogP contribution in [0.1, 0.15) is 49.2 Å². The molecule has 1 aromatic rings. The monoisotopic (exact) mass is 273 g/mol. The van der Waals surface area contributed by atoms with E-state index < -0.39 is 5.38 Å². The summed E-state index contributed by atoms with van der Waals surface area (Å²) in [5.74, 6) is -0.101. The molecule has 2 nitrogen and oxygen atoms in total. The highest BCUT2D eigenvalue weighted by Crippen LogP contribution is 2.34. The average molecular weight is 274 g/mol. The van der Waals surface area contributed by atoms with Gasteiger partial charge in [0.05, 0.1) is 0 Å². The van der Waals surface area contributed by atoms with Crippen LogP contribution in [0.25, 0.3) is 0 Å². The summed E-state index contributed by atoms with van der Waals surface area (Å²) >= 11 is 7.77. The largest absolute Gasteiger partial charge is 0.355 e. The molecule has 1 atom stereocenters. The van der Waals surface area contributed by atoms with Crippen LogP contribution in [0.15, 0.2) is 12.1 Å². The molecule has 4 heteroatoms. The van der Waals surface area contributed by atoms with E-state index in [9.17, 15) is 4.79 Å². The Morgan fingerprint density at radius 1 is 1.47 bits per heavy atom. The molecule has 0 aliphatic heterocycles. The van der Waals surface area contributed by atoms with E-state index in [1.807, 2.05) is 13.0 Å². The van der Waals surface area contributed by atoms with Gasteiger partial charge in [-0.1, -0.05) is 27.7 Å². The smallest absolute Gasteiger partial charge is 0.243 e. The summed E-state index contributed by atoms with van der Waals surface area (Å²) in [6, 6.07) is 4.01. The van der Waals surface area contributed by atoms with Gasteiger partial charge in [0.25, 0.3) is 0 Å². The molecule has 0 aliphatic carbocycles. The number of amides is 1. The highest BCUT2D eigenvalue weighted by molar-refractivity contribution is 7.12. The van der Waals surface area contributed by atoms with Crippen molar-refractivity contribution in [2.24, 2.45) is 0 Å². The highest BCUT2D eigenvalue weighted by Gasteiger charge is 2.22. The maximum Gasteiger partial charge on any atom is 0.243 e. The van der Waals surface area contributed by atoms with Gasteiger partial charge < -0.3 is 5.32 Å². The first-order valence-corrected chi connectivity index (χ1v) is 7.13. The Morgan fingerprint density at radius 3 is 2.59 bits per heavy atom. The maximum absolute atomic E-state index is 11.7. The fourth-order valence-corrected chi connectivity index (χ4v) is 2.69. The molecule has 1 rings (SSSR count). The number of rotatable bonds is 4. The zero-order valence-electron chi connectivity index (χ0n) is 10.8. The van der Waals surface area contributed by atoms with E-state index in [-0.39, 0.29) is 11.3 Å². The van der Waals surface area contributed by atoms with Crippen LogP contribution in [-0.2, 0) is 10.2 Å². The number of alkyl halides is 1. The van der Waals surface area contributed by atoms with Crippen LogP contribution in [-0.4, -0.2) is 12.5 Å². The molecule has 1 heterocycles. The summed E-state index contributed by atoms with van der Waals surface area (Å²) in [6.45, 7) is 9.17. The van der Waals surface area contributed by atoms with Gasteiger partial charge in [-0.05, 0) is 24.0 Å². The predicted octanol–water partition coefficient (Wildman–Crippen LogP) is 3.85. The fourth-order valence-electron chi connectivity index (χ4n) is 1.36. The van der Waals surface area contributed by atoms with Gasteiger partial charge in [0.1, 0.15) is 5.38 Å². The van der Waals surface area contributed by atoms with E-state index in [4.69, 9.17) is 11.6 Å². The lowest BCUT2D eigenvalue weighted by atomic mass is 9.95. The van der Waals surface area contributed by atoms with E-state index in [2.05, 4.69) is 32.2 Å². The van der Waals surface area contributed by atoms with Crippen LogP contribution in [0.2, 0.25) is 0 Å². The van der Waals surface area contributed by atoms with E-state index >= 15 is 0 Å². The summed E-state index contributed by atoms with van der Waals surface area (Å²) in [6.07, 6.45) is 0.924. The van der Waals surface area contributed by atoms with Crippen LogP contribution in [0.3, 0.4) is 0 Å². The van der Waals surface area contributed by atoms with Crippen molar-refractivity contribution in [2.45, 2.75) is 44.9 Å². The van der Waals surface area contributed by atoms with Crippen molar-refractivity contribution < 1.29 is 4.79 Å².